The molecule has 0 atom stereocenters. The van der Waals surface area contributed by atoms with Crippen molar-refractivity contribution in [2.45, 2.75) is 23.9 Å². The van der Waals surface area contributed by atoms with Gasteiger partial charge in [-0.2, -0.15) is 9.61 Å². The number of carbonyl (C=O) groups is 2. The number of hydrogen-bond acceptors (Lipinski definition) is 6. The molecule has 1 saturated carbocycles. The summed E-state index contributed by atoms with van der Waals surface area (Å²) in [5.41, 5.74) is 1.51. The number of carbonyl (C=O) groups excluding carboxylic acids is 2. The smallest absolute Gasteiger partial charge is 0.326 e. The van der Waals surface area contributed by atoms with Crippen LogP contribution in [0.25, 0.3) is 11.7 Å². The van der Waals surface area contributed by atoms with Gasteiger partial charge in [0.1, 0.15) is 16.5 Å². The lowest BCUT2D eigenvalue weighted by molar-refractivity contribution is -0.115. The second kappa shape index (κ2) is 5.27. The van der Waals surface area contributed by atoms with Gasteiger partial charge in [0, 0.05) is 17.7 Å². The van der Waals surface area contributed by atoms with E-state index in [4.69, 9.17) is 0 Å². The van der Waals surface area contributed by atoms with Crippen molar-refractivity contribution in [1.29, 1.82) is 0 Å². The lowest BCUT2D eigenvalue weighted by atomic mass is 10.2. The molecule has 2 aromatic rings. The third-order valence-electron chi connectivity index (χ3n) is 3.63. The van der Waals surface area contributed by atoms with E-state index in [0.29, 0.717) is 17.3 Å². The van der Waals surface area contributed by atoms with Crippen LogP contribution in [-0.2, 0) is 4.79 Å². The number of aromatic nitrogens is 3. The highest BCUT2D eigenvalue weighted by molar-refractivity contribution is 7.98. The molecule has 4 rings (SSSR count). The Morgan fingerprint density at radius 1 is 1.39 bits per heavy atom. The van der Waals surface area contributed by atoms with Gasteiger partial charge in [-0.3, -0.25) is 10.1 Å². The molecular formula is C14H14N6O2S. The predicted molar refractivity (Wildman–Crippen MR) is 86.1 cm³/mol. The molecule has 0 radical (unpaired) electrons. The van der Waals surface area contributed by atoms with Crippen LogP contribution >= 0.6 is 11.8 Å². The van der Waals surface area contributed by atoms with E-state index < -0.39 is 11.9 Å². The third kappa shape index (κ3) is 2.63. The summed E-state index contributed by atoms with van der Waals surface area (Å²) in [4.78, 5) is 27.4. The summed E-state index contributed by atoms with van der Waals surface area (Å²) >= 11 is 1.54. The number of urea groups is 1. The Morgan fingerprint density at radius 3 is 2.87 bits per heavy atom. The standard InChI is InChI=1S/C14H14N6O2S/c1-23-11-5-10(16-8-2-3-8)20-12(18-11)7(6-15-20)4-9-13(21)19-14(22)17-9/h4-6,8,16H,2-3H2,1H3,(H2,17,19,21,22). The van der Waals surface area contributed by atoms with Crippen molar-refractivity contribution < 1.29 is 9.59 Å². The van der Waals surface area contributed by atoms with Gasteiger partial charge >= 0.3 is 6.03 Å². The SMILES string of the molecule is CSc1cc(NC2CC2)n2ncc(C=C3NC(=O)NC3=O)c2n1. The quantitative estimate of drug-likeness (QED) is 0.337. The van der Waals surface area contributed by atoms with E-state index in [1.165, 1.54) is 11.8 Å². The average Bonchev–Trinajstić information content (AvgIpc) is 3.16. The van der Waals surface area contributed by atoms with Crippen LogP contribution in [0.5, 0.6) is 0 Å². The molecule has 3 N–H and O–H groups in total. The summed E-state index contributed by atoms with van der Waals surface area (Å²) in [6.07, 6.45) is 7.49. The minimum absolute atomic E-state index is 0.193. The molecule has 1 saturated heterocycles. The van der Waals surface area contributed by atoms with Gasteiger partial charge in [0.05, 0.1) is 6.20 Å². The Morgan fingerprint density at radius 2 is 2.22 bits per heavy atom. The molecule has 0 bridgehead atoms. The Labute approximate surface area is 135 Å². The number of hydrogen-bond donors (Lipinski definition) is 3. The number of imide groups is 1. The van der Waals surface area contributed by atoms with E-state index in [-0.39, 0.29) is 5.70 Å². The zero-order chi connectivity index (χ0) is 16.0. The van der Waals surface area contributed by atoms with Crippen LogP contribution in [0.2, 0.25) is 0 Å². The first kappa shape index (κ1) is 14.1. The molecule has 3 heterocycles. The van der Waals surface area contributed by atoms with Crippen LogP contribution in [0.3, 0.4) is 0 Å². The highest BCUT2D eigenvalue weighted by Crippen LogP contribution is 2.28. The Kier molecular flexibility index (Phi) is 3.22. The molecule has 0 unspecified atom stereocenters. The largest absolute Gasteiger partial charge is 0.367 e. The number of anilines is 1. The van der Waals surface area contributed by atoms with Gasteiger partial charge in [0.15, 0.2) is 5.65 Å². The third-order valence-corrected chi connectivity index (χ3v) is 4.26. The summed E-state index contributed by atoms with van der Waals surface area (Å²) in [6, 6.07) is 1.93. The topological polar surface area (TPSA) is 100 Å². The maximum atomic E-state index is 11.7. The molecule has 23 heavy (non-hydrogen) atoms. The number of fused-ring (bicyclic) bond motifs is 1. The average molecular weight is 330 g/mol. The van der Waals surface area contributed by atoms with Crippen LogP contribution in [0.15, 0.2) is 23.0 Å². The lowest BCUT2D eigenvalue weighted by Crippen LogP contribution is -2.22. The molecule has 118 valence electrons. The van der Waals surface area contributed by atoms with Crippen LogP contribution < -0.4 is 16.0 Å². The van der Waals surface area contributed by atoms with Crippen molar-refractivity contribution in [3.63, 3.8) is 0 Å². The Balaban J connectivity index is 1.80. The molecule has 9 heteroatoms. The lowest BCUT2D eigenvalue weighted by Gasteiger charge is -2.08. The molecule has 0 spiro atoms. The second-order valence-corrected chi connectivity index (χ2v) is 6.23. The number of amides is 3. The summed E-state index contributed by atoms with van der Waals surface area (Å²) in [6.45, 7) is 0. The van der Waals surface area contributed by atoms with E-state index in [1.807, 2.05) is 12.3 Å². The molecule has 0 aromatic carbocycles. The van der Waals surface area contributed by atoms with E-state index in [0.717, 1.165) is 23.7 Å². The van der Waals surface area contributed by atoms with Gasteiger partial charge in [-0.05, 0) is 25.2 Å². The van der Waals surface area contributed by atoms with Crippen LogP contribution in [0.1, 0.15) is 18.4 Å². The first-order valence-corrected chi connectivity index (χ1v) is 8.40. The number of nitrogens with one attached hydrogen (secondary N) is 3. The fourth-order valence-corrected chi connectivity index (χ4v) is 2.75. The fraction of sp³-hybridized carbons (Fsp3) is 0.286. The van der Waals surface area contributed by atoms with Gasteiger partial charge in [-0.25, -0.2) is 9.78 Å². The zero-order valence-electron chi connectivity index (χ0n) is 12.3. The Hall–Kier alpha value is -2.55. The first-order valence-electron chi connectivity index (χ1n) is 7.17. The van der Waals surface area contributed by atoms with Crippen molar-refractivity contribution in [1.82, 2.24) is 25.2 Å². The zero-order valence-corrected chi connectivity index (χ0v) is 13.1. The molecule has 3 amide bonds. The van der Waals surface area contributed by atoms with Crippen molar-refractivity contribution in [3.05, 3.63) is 23.5 Å². The van der Waals surface area contributed by atoms with Crippen LogP contribution in [-0.4, -0.2) is 38.8 Å². The van der Waals surface area contributed by atoms with Gasteiger partial charge < -0.3 is 10.6 Å². The molecular weight excluding hydrogens is 316 g/mol. The summed E-state index contributed by atoms with van der Waals surface area (Å²) in [5.74, 6) is 0.429. The van der Waals surface area contributed by atoms with E-state index in [2.05, 4.69) is 26.0 Å². The molecule has 1 aliphatic heterocycles. The van der Waals surface area contributed by atoms with E-state index in [9.17, 15) is 9.59 Å². The fourth-order valence-electron chi connectivity index (χ4n) is 2.34. The molecule has 8 nitrogen and oxygen atoms in total. The van der Waals surface area contributed by atoms with Crippen LogP contribution in [0.4, 0.5) is 10.6 Å². The first-order chi connectivity index (χ1) is 11.1. The van der Waals surface area contributed by atoms with E-state index in [1.54, 1.807) is 16.8 Å². The number of rotatable bonds is 4. The Bertz CT molecular complexity index is 854. The highest BCUT2D eigenvalue weighted by Gasteiger charge is 2.25. The summed E-state index contributed by atoms with van der Waals surface area (Å²) in [5, 5.41) is 13.3. The summed E-state index contributed by atoms with van der Waals surface area (Å²) in [7, 11) is 0. The number of thioether (sulfide) groups is 1. The molecule has 2 fully saturated rings. The maximum absolute atomic E-state index is 11.7. The monoisotopic (exact) mass is 330 g/mol. The predicted octanol–water partition coefficient (Wildman–Crippen LogP) is 1.21. The van der Waals surface area contributed by atoms with Crippen molar-refractivity contribution in [2.75, 3.05) is 11.6 Å². The molecule has 2 aromatic heterocycles. The maximum Gasteiger partial charge on any atom is 0.326 e. The van der Waals surface area contributed by atoms with E-state index >= 15 is 0 Å². The number of nitrogens with zero attached hydrogens (tertiary/aromatic N) is 3. The minimum Gasteiger partial charge on any atom is -0.367 e. The van der Waals surface area contributed by atoms with Crippen molar-refractivity contribution >= 4 is 41.2 Å². The molecule has 2 aliphatic rings. The van der Waals surface area contributed by atoms with Crippen LogP contribution in [0, 0.1) is 0 Å². The van der Waals surface area contributed by atoms with Gasteiger partial charge in [-0.15, -0.1) is 11.8 Å². The minimum atomic E-state index is -0.522. The van der Waals surface area contributed by atoms with Gasteiger partial charge in [0.2, 0.25) is 0 Å². The van der Waals surface area contributed by atoms with Gasteiger partial charge in [-0.1, -0.05) is 0 Å². The molecule has 1 aliphatic carbocycles. The normalized spacial score (nSPS) is 19.3. The van der Waals surface area contributed by atoms with Crippen molar-refractivity contribution in [2.24, 2.45) is 0 Å². The highest BCUT2D eigenvalue weighted by atomic mass is 32.2. The second-order valence-electron chi connectivity index (χ2n) is 5.40. The van der Waals surface area contributed by atoms with Gasteiger partial charge in [0.25, 0.3) is 5.91 Å². The van der Waals surface area contributed by atoms with Crippen molar-refractivity contribution in [3.8, 4) is 0 Å². The summed E-state index contributed by atoms with van der Waals surface area (Å²) < 4.78 is 1.72.